The Morgan fingerprint density at radius 2 is 0.602 bits per heavy atom. The summed E-state index contributed by atoms with van der Waals surface area (Å²) in [6, 6.07) is 0. The van der Waals surface area contributed by atoms with E-state index in [1.165, 1.54) is 186 Å². The lowest BCUT2D eigenvalue weighted by atomic mass is 9.99. The first-order valence-electron chi connectivity index (χ1n) is 40.3. The number of carbonyl (C=O) groups is 4. The minimum absolute atomic E-state index is 0.101. The fourth-order valence-electron chi connectivity index (χ4n) is 11.6. The molecule has 0 aliphatic heterocycles. The molecule has 0 rings (SSSR count). The minimum Gasteiger partial charge on any atom is -0.462 e. The van der Waals surface area contributed by atoms with E-state index < -0.39 is 97.5 Å². The molecule has 0 saturated heterocycles. The molecule has 0 aromatic rings. The van der Waals surface area contributed by atoms with Crippen LogP contribution >= 0.6 is 15.6 Å². The van der Waals surface area contributed by atoms with Gasteiger partial charge in [-0.3, -0.25) is 37.3 Å². The smallest absolute Gasteiger partial charge is 0.462 e. The molecule has 19 heteroatoms. The number of phosphoric acid groups is 2. The third-order valence-electron chi connectivity index (χ3n) is 18.2. The molecule has 0 spiro atoms. The molecule has 0 radical (unpaired) electrons. The van der Waals surface area contributed by atoms with E-state index in [0.717, 1.165) is 121 Å². The number of aliphatic hydroxyl groups is 1. The summed E-state index contributed by atoms with van der Waals surface area (Å²) in [7, 11) is -9.93. The van der Waals surface area contributed by atoms with Crippen molar-refractivity contribution in [2.75, 3.05) is 39.6 Å². The number of rotatable bonds is 76. The van der Waals surface area contributed by atoms with Gasteiger partial charge in [0.25, 0.3) is 0 Å². The van der Waals surface area contributed by atoms with Gasteiger partial charge >= 0.3 is 39.5 Å². The number of phosphoric ester groups is 2. The summed E-state index contributed by atoms with van der Waals surface area (Å²) in [5.74, 6) is -0.567. The molecular weight excluding hydrogens is 1280 g/mol. The number of allylic oxidation sites excluding steroid dienone is 4. The third kappa shape index (κ3) is 70.6. The Labute approximate surface area is 599 Å². The molecule has 0 aliphatic rings. The van der Waals surface area contributed by atoms with Crippen LogP contribution in [0.15, 0.2) is 24.3 Å². The summed E-state index contributed by atoms with van der Waals surface area (Å²) in [6.07, 6.45) is 61.7. The largest absolute Gasteiger partial charge is 0.472 e. The highest BCUT2D eigenvalue weighted by Crippen LogP contribution is 2.45. The van der Waals surface area contributed by atoms with Gasteiger partial charge in [0, 0.05) is 25.7 Å². The fraction of sp³-hybridized carbons (Fsp3) is 0.899. The summed E-state index contributed by atoms with van der Waals surface area (Å²) in [5.41, 5.74) is 0. The highest BCUT2D eigenvalue weighted by atomic mass is 31.2. The molecule has 0 heterocycles. The number of carbonyl (C=O) groups excluding carboxylic acids is 4. The van der Waals surface area contributed by atoms with Gasteiger partial charge < -0.3 is 33.8 Å². The maximum Gasteiger partial charge on any atom is 0.472 e. The van der Waals surface area contributed by atoms with Crippen LogP contribution in [0.5, 0.6) is 0 Å². The van der Waals surface area contributed by atoms with Crippen LogP contribution in [-0.2, 0) is 65.4 Å². The molecule has 98 heavy (non-hydrogen) atoms. The van der Waals surface area contributed by atoms with Gasteiger partial charge in [0.15, 0.2) is 12.2 Å². The number of hydrogen-bond acceptors (Lipinski definition) is 15. The van der Waals surface area contributed by atoms with Crippen LogP contribution in [0.2, 0.25) is 0 Å². The van der Waals surface area contributed by atoms with Crippen LogP contribution in [0.3, 0.4) is 0 Å². The van der Waals surface area contributed by atoms with Crippen LogP contribution in [0, 0.1) is 11.8 Å². The molecule has 0 bridgehead atoms. The summed E-state index contributed by atoms with van der Waals surface area (Å²) in [5, 5.41) is 10.6. The highest BCUT2D eigenvalue weighted by Gasteiger charge is 2.30. The van der Waals surface area contributed by atoms with E-state index in [2.05, 4.69) is 65.8 Å². The Morgan fingerprint density at radius 1 is 0.337 bits per heavy atom. The maximum absolute atomic E-state index is 13.1. The van der Waals surface area contributed by atoms with Gasteiger partial charge in [-0.15, -0.1) is 0 Å². The normalized spacial score (nSPS) is 14.4. The van der Waals surface area contributed by atoms with E-state index in [4.69, 9.17) is 37.0 Å². The van der Waals surface area contributed by atoms with E-state index >= 15 is 0 Å². The second-order valence-electron chi connectivity index (χ2n) is 28.5. The number of aliphatic hydroxyl groups excluding tert-OH is 1. The first kappa shape index (κ1) is 95.5. The molecule has 0 aliphatic carbocycles. The second kappa shape index (κ2) is 70.2. The molecule has 578 valence electrons. The second-order valence-corrected chi connectivity index (χ2v) is 31.4. The number of esters is 4. The monoisotopic (exact) mass is 1430 g/mol. The molecule has 0 aromatic heterocycles. The Morgan fingerprint density at radius 3 is 0.918 bits per heavy atom. The van der Waals surface area contributed by atoms with Crippen molar-refractivity contribution in [1.29, 1.82) is 0 Å². The molecule has 3 N–H and O–H groups in total. The van der Waals surface area contributed by atoms with Gasteiger partial charge in [0.2, 0.25) is 0 Å². The van der Waals surface area contributed by atoms with E-state index in [0.29, 0.717) is 25.7 Å². The lowest BCUT2D eigenvalue weighted by Crippen LogP contribution is -2.30. The van der Waals surface area contributed by atoms with E-state index in [9.17, 15) is 43.2 Å². The minimum atomic E-state index is -4.97. The zero-order chi connectivity index (χ0) is 72.1. The number of unbranched alkanes of at least 4 members (excludes halogenated alkanes) is 42. The van der Waals surface area contributed by atoms with Crippen LogP contribution < -0.4 is 0 Å². The van der Waals surface area contributed by atoms with Crippen molar-refractivity contribution in [2.24, 2.45) is 11.8 Å². The predicted molar refractivity (Wildman–Crippen MR) is 400 cm³/mol. The Bertz CT molecular complexity index is 1990. The third-order valence-corrected chi connectivity index (χ3v) is 20.1. The summed E-state index contributed by atoms with van der Waals surface area (Å²) in [4.78, 5) is 72.9. The van der Waals surface area contributed by atoms with Gasteiger partial charge in [-0.05, 0) is 63.2 Å². The zero-order valence-corrected chi connectivity index (χ0v) is 65.4. The highest BCUT2D eigenvalue weighted by molar-refractivity contribution is 7.47. The predicted octanol–water partition coefficient (Wildman–Crippen LogP) is 23.1. The van der Waals surface area contributed by atoms with Crippen LogP contribution in [-0.4, -0.2) is 96.7 Å². The van der Waals surface area contributed by atoms with Crippen molar-refractivity contribution in [3.8, 4) is 0 Å². The zero-order valence-electron chi connectivity index (χ0n) is 63.6. The first-order chi connectivity index (χ1) is 47.4. The molecule has 6 atom stereocenters. The fourth-order valence-corrected chi connectivity index (χ4v) is 13.2. The number of hydrogen-bond donors (Lipinski definition) is 3. The number of ether oxygens (including phenoxy) is 4. The van der Waals surface area contributed by atoms with Crippen LogP contribution in [0.4, 0.5) is 0 Å². The molecule has 17 nitrogen and oxygen atoms in total. The van der Waals surface area contributed by atoms with Gasteiger partial charge in [0.05, 0.1) is 26.4 Å². The van der Waals surface area contributed by atoms with Crippen molar-refractivity contribution >= 4 is 39.5 Å². The van der Waals surface area contributed by atoms with Gasteiger partial charge in [0.1, 0.15) is 19.3 Å². The van der Waals surface area contributed by atoms with Gasteiger partial charge in [-0.1, -0.05) is 336 Å². The SMILES string of the molecule is CCCCCC/C=C\C=C/CCCCCCCC(=O)OC[C@H](COP(=O)(O)OC[C@@H](O)COP(=O)(O)OC[C@@H](COC(=O)CCCCCCCCCCCCCC)OC(=O)CCCCCCCCCCC(C)CC)OC(=O)CCCCCCCCCCCCCCCCCCC(C)C. The van der Waals surface area contributed by atoms with Crippen molar-refractivity contribution in [3.05, 3.63) is 24.3 Å². The van der Waals surface area contributed by atoms with Gasteiger partial charge in [-0.25, -0.2) is 9.13 Å². The van der Waals surface area contributed by atoms with E-state index in [-0.39, 0.29) is 25.7 Å². The lowest BCUT2D eigenvalue weighted by molar-refractivity contribution is -0.161. The van der Waals surface area contributed by atoms with Crippen LogP contribution in [0.1, 0.15) is 388 Å². The average Bonchev–Trinajstić information content (AvgIpc) is 0.971. The average molecular weight is 1430 g/mol. The quantitative estimate of drug-likeness (QED) is 0.0169. The maximum atomic E-state index is 13.1. The Hall–Kier alpha value is -2.46. The standard InChI is InChI=1S/C79H150O17P2/c1-7-10-12-14-16-18-20-22-25-29-33-37-44-50-56-62-77(82)89-67-74(95-78(83)63-57-51-45-38-34-30-27-24-23-26-28-31-35-41-47-53-59-71(4)5)69-93-97(85,86)91-65-73(80)66-92-98(87,88)94-70-75(96-79(84)64-58-52-46-40-39-42-48-54-60-72(6)9-3)68-90-76(81)61-55-49-43-36-32-21-19-17-15-13-11-8-2/h18,20,22,25,71-75,80H,7-17,19,21,23-24,26-70H2,1-6H3,(H,85,86)(H,87,88)/b20-18-,25-22-/t72?,73-,74-,75-/m1/s1. The van der Waals surface area contributed by atoms with Gasteiger partial charge in [-0.2, -0.15) is 0 Å². The van der Waals surface area contributed by atoms with Crippen molar-refractivity contribution in [1.82, 2.24) is 0 Å². The first-order valence-corrected chi connectivity index (χ1v) is 43.3. The van der Waals surface area contributed by atoms with Crippen molar-refractivity contribution < 1.29 is 80.2 Å². The van der Waals surface area contributed by atoms with Crippen molar-refractivity contribution in [2.45, 2.75) is 407 Å². The Balaban J connectivity index is 5.28. The lowest BCUT2D eigenvalue weighted by Gasteiger charge is -2.21. The van der Waals surface area contributed by atoms with E-state index in [1.54, 1.807) is 0 Å². The molecule has 0 fully saturated rings. The topological polar surface area (TPSA) is 237 Å². The summed E-state index contributed by atoms with van der Waals surface area (Å²) < 4.78 is 68.6. The summed E-state index contributed by atoms with van der Waals surface area (Å²) in [6.45, 7) is 9.58. The molecule has 0 saturated carbocycles. The molecule has 3 unspecified atom stereocenters. The summed E-state index contributed by atoms with van der Waals surface area (Å²) >= 11 is 0. The molecule has 0 aromatic carbocycles. The van der Waals surface area contributed by atoms with Crippen molar-refractivity contribution in [3.63, 3.8) is 0 Å². The Kier molecular flexibility index (Phi) is 68.5. The molecular formula is C79H150O17P2. The molecule has 0 amide bonds. The van der Waals surface area contributed by atoms with Crippen LogP contribution in [0.25, 0.3) is 0 Å². The van der Waals surface area contributed by atoms with E-state index in [1.807, 2.05) is 0 Å².